The molecule has 0 bridgehead atoms. The zero-order valence-corrected chi connectivity index (χ0v) is 11.0. The molecule has 1 fully saturated rings. The molecule has 0 unspecified atom stereocenters. The van der Waals surface area contributed by atoms with Crippen molar-refractivity contribution in [3.8, 4) is 0 Å². The van der Waals surface area contributed by atoms with E-state index >= 15 is 0 Å². The summed E-state index contributed by atoms with van der Waals surface area (Å²) in [5, 5.41) is 13.7. The fourth-order valence-corrected chi connectivity index (χ4v) is 1.94. The quantitative estimate of drug-likeness (QED) is 0.870. The summed E-state index contributed by atoms with van der Waals surface area (Å²) < 4.78 is 0. The average Bonchev–Trinajstić information content (AvgIpc) is 3.31. The maximum absolute atomic E-state index is 12.0. The second-order valence-corrected chi connectivity index (χ2v) is 4.94. The molecule has 20 heavy (non-hydrogen) atoms. The molecule has 1 saturated carbocycles. The number of carbonyl (C=O) groups excluding carboxylic acids is 1. The van der Waals surface area contributed by atoms with Crippen molar-refractivity contribution in [2.75, 3.05) is 5.32 Å². The van der Waals surface area contributed by atoms with Crippen LogP contribution in [0.3, 0.4) is 0 Å². The predicted molar refractivity (Wildman–Crippen MR) is 76.3 cm³/mol. The minimum atomic E-state index is -0.174. The number of amides is 1. The van der Waals surface area contributed by atoms with Gasteiger partial charge in [-0.2, -0.15) is 10.2 Å². The van der Waals surface area contributed by atoms with Crippen molar-refractivity contribution in [2.24, 2.45) is 0 Å². The summed E-state index contributed by atoms with van der Waals surface area (Å²) in [7, 11) is 0. The SMILES string of the molecule is O=C(Nc1cccc(CNC2CC2)c1)c1ccnnc1. The first-order valence-electron chi connectivity index (χ1n) is 6.71. The highest BCUT2D eigenvalue weighted by molar-refractivity contribution is 6.03. The van der Waals surface area contributed by atoms with Gasteiger partial charge in [0.05, 0.1) is 18.0 Å². The molecule has 1 amide bonds. The molecule has 1 aromatic carbocycles. The molecule has 1 heterocycles. The van der Waals surface area contributed by atoms with Crippen molar-refractivity contribution >= 4 is 11.6 Å². The van der Waals surface area contributed by atoms with Crippen LogP contribution in [-0.2, 0) is 6.54 Å². The van der Waals surface area contributed by atoms with Crippen molar-refractivity contribution in [1.82, 2.24) is 15.5 Å². The van der Waals surface area contributed by atoms with Gasteiger partial charge in [-0.1, -0.05) is 12.1 Å². The van der Waals surface area contributed by atoms with Gasteiger partial charge in [0.15, 0.2) is 0 Å². The summed E-state index contributed by atoms with van der Waals surface area (Å²) in [6.07, 6.45) is 5.50. The molecule has 0 radical (unpaired) electrons. The molecule has 0 spiro atoms. The monoisotopic (exact) mass is 268 g/mol. The van der Waals surface area contributed by atoms with Crippen LogP contribution in [0.15, 0.2) is 42.7 Å². The van der Waals surface area contributed by atoms with Crippen LogP contribution in [0.2, 0.25) is 0 Å². The molecule has 0 aliphatic heterocycles. The van der Waals surface area contributed by atoms with Gasteiger partial charge in [-0.3, -0.25) is 4.79 Å². The Morgan fingerprint density at radius 3 is 2.90 bits per heavy atom. The van der Waals surface area contributed by atoms with Crippen LogP contribution in [0.25, 0.3) is 0 Å². The van der Waals surface area contributed by atoms with Crippen LogP contribution >= 0.6 is 0 Å². The number of anilines is 1. The van der Waals surface area contributed by atoms with Crippen molar-refractivity contribution in [2.45, 2.75) is 25.4 Å². The van der Waals surface area contributed by atoms with Crippen LogP contribution in [-0.4, -0.2) is 22.1 Å². The number of aromatic nitrogens is 2. The van der Waals surface area contributed by atoms with E-state index in [2.05, 4.69) is 26.9 Å². The molecule has 1 aliphatic rings. The van der Waals surface area contributed by atoms with Gasteiger partial charge in [0.25, 0.3) is 5.91 Å². The molecule has 2 N–H and O–H groups in total. The fraction of sp³-hybridized carbons (Fsp3) is 0.267. The summed E-state index contributed by atoms with van der Waals surface area (Å²) in [5.74, 6) is -0.174. The molecular formula is C15H16N4O. The normalized spacial score (nSPS) is 14.0. The topological polar surface area (TPSA) is 66.9 Å². The predicted octanol–water partition coefficient (Wildman–Crippen LogP) is 1.98. The van der Waals surface area contributed by atoms with Gasteiger partial charge in [0.1, 0.15) is 0 Å². The Hall–Kier alpha value is -2.27. The van der Waals surface area contributed by atoms with E-state index in [1.807, 2.05) is 18.2 Å². The minimum Gasteiger partial charge on any atom is -0.322 e. The highest BCUT2D eigenvalue weighted by Crippen LogP contribution is 2.20. The Morgan fingerprint density at radius 1 is 1.25 bits per heavy atom. The number of nitrogens with one attached hydrogen (secondary N) is 2. The van der Waals surface area contributed by atoms with Crippen molar-refractivity contribution in [3.63, 3.8) is 0 Å². The van der Waals surface area contributed by atoms with Gasteiger partial charge in [0.2, 0.25) is 0 Å². The third-order valence-corrected chi connectivity index (χ3v) is 3.20. The number of nitrogens with zero attached hydrogens (tertiary/aromatic N) is 2. The van der Waals surface area contributed by atoms with E-state index in [1.54, 1.807) is 6.07 Å². The lowest BCUT2D eigenvalue weighted by atomic mass is 10.2. The molecule has 1 aromatic heterocycles. The molecule has 0 saturated heterocycles. The number of benzene rings is 1. The van der Waals surface area contributed by atoms with E-state index in [9.17, 15) is 4.79 Å². The van der Waals surface area contributed by atoms with Gasteiger partial charge >= 0.3 is 0 Å². The van der Waals surface area contributed by atoms with E-state index in [0.29, 0.717) is 11.6 Å². The van der Waals surface area contributed by atoms with Crippen LogP contribution < -0.4 is 10.6 Å². The third-order valence-electron chi connectivity index (χ3n) is 3.20. The van der Waals surface area contributed by atoms with Crippen molar-refractivity contribution < 1.29 is 4.79 Å². The summed E-state index contributed by atoms with van der Waals surface area (Å²) in [4.78, 5) is 12.0. The summed E-state index contributed by atoms with van der Waals surface area (Å²) in [6, 6.07) is 10.2. The summed E-state index contributed by atoms with van der Waals surface area (Å²) >= 11 is 0. The number of hydrogen-bond acceptors (Lipinski definition) is 4. The van der Waals surface area contributed by atoms with E-state index in [1.165, 1.54) is 30.8 Å². The first-order valence-corrected chi connectivity index (χ1v) is 6.71. The fourth-order valence-electron chi connectivity index (χ4n) is 1.94. The van der Waals surface area contributed by atoms with Gasteiger partial charge in [0, 0.05) is 18.3 Å². The van der Waals surface area contributed by atoms with E-state index in [0.717, 1.165) is 12.2 Å². The Morgan fingerprint density at radius 2 is 2.15 bits per heavy atom. The van der Waals surface area contributed by atoms with Crippen LogP contribution in [0, 0.1) is 0 Å². The van der Waals surface area contributed by atoms with E-state index in [-0.39, 0.29) is 5.91 Å². The van der Waals surface area contributed by atoms with Gasteiger partial charge in [-0.25, -0.2) is 0 Å². The zero-order chi connectivity index (χ0) is 13.8. The van der Waals surface area contributed by atoms with Gasteiger partial charge in [-0.05, 0) is 36.6 Å². The van der Waals surface area contributed by atoms with Crippen LogP contribution in [0.1, 0.15) is 28.8 Å². The molecule has 102 valence electrons. The molecule has 2 aromatic rings. The highest BCUT2D eigenvalue weighted by atomic mass is 16.1. The van der Waals surface area contributed by atoms with Crippen LogP contribution in [0.5, 0.6) is 0 Å². The van der Waals surface area contributed by atoms with Crippen molar-refractivity contribution in [1.29, 1.82) is 0 Å². The Kier molecular flexibility index (Phi) is 3.69. The van der Waals surface area contributed by atoms with Crippen molar-refractivity contribution in [3.05, 3.63) is 53.9 Å². The first kappa shape index (κ1) is 12.7. The number of carbonyl (C=O) groups is 1. The smallest absolute Gasteiger partial charge is 0.257 e. The van der Waals surface area contributed by atoms with Crippen LogP contribution in [0.4, 0.5) is 5.69 Å². The summed E-state index contributed by atoms with van der Waals surface area (Å²) in [5.41, 5.74) is 2.46. The Labute approximate surface area is 117 Å². The lowest BCUT2D eigenvalue weighted by Gasteiger charge is -2.08. The third kappa shape index (κ3) is 3.39. The molecule has 1 aliphatic carbocycles. The lowest BCUT2D eigenvalue weighted by Crippen LogP contribution is -2.16. The lowest BCUT2D eigenvalue weighted by molar-refractivity contribution is 0.102. The standard InChI is InChI=1S/C15H16N4O/c20-15(12-6-7-17-18-10-12)19-14-3-1-2-11(8-14)9-16-13-4-5-13/h1-3,6-8,10,13,16H,4-5,9H2,(H,19,20). The molecule has 5 nitrogen and oxygen atoms in total. The maximum Gasteiger partial charge on any atom is 0.257 e. The first-order chi connectivity index (χ1) is 9.81. The maximum atomic E-state index is 12.0. The van der Waals surface area contributed by atoms with E-state index < -0.39 is 0 Å². The highest BCUT2D eigenvalue weighted by Gasteiger charge is 2.19. The van der Waals surface area contributed by atoms with Gasteiger partial charge < -0.3 is 10.6 Å². The Balaban J connectivity index is 1.64. The molecule has 5 heteroatoms. The largest absolute Gasteiger partial charge is 0.322 e. The number of hydrogen-bond donors (Lipinski definition) is 2. The molecule has 0 atom stereocenters. The zero-order valence-electron chi connectivity index (χ0n) is 11.0. The molecular weight excluding hydrogens is 252 g/mol. The second kappa shape index (κ2) is 5.79. The summed E-state index contributed by atoms with van der Waals surface area (Å²) in [6.45, 7) is 0.838. The van der Waals surface area contributed by atoms with Gasteiger partial charge in [-0.15, -0.1) is 0 Å². The molecule has 3 rings (SSSR count). The van der Waals surface area contributed by atoms with E-state index in [4.69, 9.17) is 0 Å². The Bertz CT molecular complexity index is 596. The average molecular weight is 268 g/mol. The second-order valence-electron chi connectivity index (χ2n) is 4.94. The minimum absolute atomic E-state index is 0.174. The number of rotatable bonds is 5.